The van der Waals surface area contributed by atoms with Gasteiger partial charge in [-0.05, 0) is 43.7 Å². The molecular weight excluding hydrogens is 240 g/mol. The van der Waals surface area contributed by atoms with Gasteiger partial charge in [-0.25, -0.2) is 0 Å². The lowest BCUT2D eigenvalue weighted by atomic mass is 9.97. The lowest BCUT2D eigenvalue weighted by Crippen LogP contribution is -2.15. The van der Waals surface area contributed by atoms with Gasteiger partial charge in [-0.15, -0.1) is 0 Å². The van der Waals surface area contributed by atoms with Crippen molar-refractivity contribution in [1.82, 2.24) is 0 Å². The fourth-order valence-corrected chi connectivity index (χ4v) is 2.52. The summed E-state index contributed by atoms with van der Waals surface area (Å²) in [6.45, 7) is 0. The van der Waals surface area contributed by atoms with Crippen LogP contribution in [-0.4, -0.2) is 33.6 Å². The van der Waals surface area contributed by atoms with Crippen LogP contribution in [0.1, 0.15) is 31.2 Å². The van der Waals surface area contributed by atoms with Crippen LogP contribution in [0, 0.1) is 17.8 Å². The normalized spacial score (nSPS) is 27.6. The summed E-state index contributed by atoms with van der Waals surface area (Å²) < 4.78 is 0. The molecule has 1 fully saturated rings. The summed E-state index contributed by atoms with van der Waals surface area (Å²) in [7, 11) is 0. The number of hydrogen-bond acceptors (Lipinski definition) is 3. The third-order valence-corrected chi connectivity index (χ3v) is 3.60. The van der Waals surface area contributed by atoms with Gasteiger partial charge in [0.15, 0.2) is 0 Å². The summed E-state index contributed by atoms with van der Waals surface area (Å²) in [5.41, 5.74) is 0.887. The Bertz CT molecular complexity index is 446. The minimum atomic E-state index is -0.676. The van der Waals surface area contributed by atoms with E-state index in [2.05, 4.69) is 11.8 Å². The number of rotatable bonds is 3. The minimum absolute atomic E-state index is 0.0863. The van der Waals surface area contributed by atoms with E-state index in [9.17, 15) is 15.3 Å². The molecule has 4 unspecified atom stereocenters. The van der Waals surface area contributed by atoms with Crippen LogP contribution in [0.15, 0.2) is 30.3 Å². The molecule has 0 aromatic heterocycles. The molecule has 0 saturated heterocycles. The summed E-state index contributed by atoms with van der Waals surface area (Å²) in [6.07, 6.45) is 0.801. The van der Waals surface area contributed by atoms with Crippen LogP contribution in [-0.2, 0) is 0 Å². The minimum Gasteiger partial charge on any atom is -0.393 e. The van der Waals surface area contributed by atoms with Gasteiger partial charge in [-0.3, -0.25) is 0 Å². The lowest BCUT2D eigenvalue weighted by molar-refractivity contribution is 0.110. The maximum atomic E-state index is 9.81. The summed E-state index contributed by atoms with van der Waals surface area (Å²) in [5.74, 6) is 5.82. The Balaban J connectivity index is 1.79. The van der Waals surface area contributed by atoms with Gasteiger partial charge in [0, 0.05) is 5.56 Å². The van der Waals surface area contributed by atoms with Gasteiger partial charge in [-0.2, -0.15) is 0 Å². The van der Waals surface area contributed by atoms with E-state index in [1.165, 1.54) is 0 Å². The van der Waals surface area contributed by atoms with E-state index in [0.29, 0.717) is 25.7 Å². The van der Waals surface area contributed by atoms with Crippen molar-refractivity contribution >= 4 is 0 Å². The molecular formula is C16H20O3. The van der Waals surface area contributed by atoms with Crippen molar-refractivity contribution in [2.24, 2.45) is 5.92 Å². The van der Waals surface area contributed by atoms with Crippen molar-refractivity contribution in [3.8, 4) is 11.8 Å². The van der Waals surface area contributed by atoms with Gasteiger partial charge >= 0.3 is 0 Å². The van der Waals surface area contributed by atoms with Crippen LogP contribution in [0.2, 0.25) is 0 Å². The molecule has 0 bridgehead atoms. The van der Waals surface area contributed by atoms with E-state index >= 15 is 0 Å². The molecule has 0 spiro atoms. The van der Waals surface area contributed by atoms with Gasteiger partial charge in [0.05, 0.1) is 12.2 Å². The SMILES string of the molecule is OC(C#Cc1ccccc1)CCC1CC(O)CC1O. The van der Waals surface area contributed by atoms with Crippen LogP contribution < -0.4 is 0 Å². The predicted octanol–water partition coefficient (Wildman–Crippen LogP) is 1.31. The molecule has 0 radical (unpaired) electrons. The van der Waals surface area contributed by atoms with E-state index in [0.717, 1.165) is 5.56 Å². The fourth-order valence-electron chi connectivity index (χ4n) is 2.52. The van der Waals surface area contributed by atoms with Crippen LogP contribution in [0.3, 0.4) is 0 Å². The monoisotopic (exact) mass is 260 g/mol. The largest absolute Gasteiger partial charge is 0.393 e. The van der Waals surface area contributed by atoms with Crippen molar-refractivity contribution in [1.29, 1.82) is 0 Å². The molecule has 19 heavy (non-hydrogen) atoms. The highest BCUT2D eigenvalue weighted by Gasteiger charge is 2.31. The van der Waals surface area contributed by atoms with Crippen LogP contribution in [0.5, 0.6) is 0 Å². The molecule has 0 aliphatic heterocycles. The summed E-state index contributed by atoms with van der Waals surface area (Å²) in [5, 5.41) is 28.9. The van der Waals surface area contributed by atoms with Gasteiger partial charge in [0.25, 0.3) is 0 Å². The quantitative estimate of drug-likeness (QED) is 0.718. The first-order valence-electron chi connectivity index (χ1n) is 6.76. The highest BCUT2D eigenvalue weighted by molar-refractivity contribution is 5.34. The number of aliphatic hydroxyl groups excluding tert-OH is 3. The van der Waals surface area contributed by atoms with E-state index in [4.69, 9.17) is 0 Å². The zero-order valence-corrected chi connectivity index (χ0v) is 10.9. The molecule has 1 saturated carbocycles. The van der Waals surface area contributed by atoms with Gasteiger partial charge in [0.2, 0.25) is 0 Å². The standard InChI is InChI=1S/C16H20O3/c17-14(8-6-12-4-2-1-3-5-12)9-7-13-10-15(18)11-16(13)19/h1-5,13-19H,7,9-11H2. The van der Waals surface area contributed by atoms with E-state index in [-0.39, 0.29) is 5.92 Å². The highest BCUT2D eigenvalue weighted by atomic mass is 16.3. The third kappa shape index (κ3) is 4.36. The lowest BCUT2D eigenvalue weighted by Gasteiger charge is -2.14. The maximum Gasteiger partial charge on any atom is 0.115 e. The maximum absolute atomic E-state index is 9.81. The first-order chi connectivity index (χ1) is 9.15. The summed E-state index contributed by atoms with van der Waals surface area (Å²) in [4.78, 5) is 0. The molecule has 102 valence electrons. The van der Waals surface area contributed by atoms with Crippen molar-refractivity contribution in [3.63, 3.8) is 0 Å². The second-order valence-electron chi connectivity index (χ2n) is 5.18. The van der Waals surface area contributed by atoms with Gasteiger partial charge in [0.1, 0.15) is 6.10 Å². The van der Waals surface area contributed by atoms with Crippen molar-refractivity contribution < 1.29 is 15.3 Å². The van der Waals surface area contributed by atoms with Crippen LogP contribution >= 0.6 is 0 Å². The van der Waals surface area contributed by atoms with Crippen molar-refractivity contribution in [2.75, 3.05) is 0 Å². The Labute approximate surface area is 113 Å². The molecule has 4 atom stereocenters. The van der Waals surface area contributed by atoms with Gasteiger partial charge < -0.3 is 15.3 Å². The molecule has 0 amide bonds. The average Bonchev–Trinajstić information content (AvgIpc) is 2.73. The smallest absolute Gasteiger partial charge is 0.115 e. The second kappa shape index (κ2) is 6.72. The first-order valence-corrected chi connectivity index (χ1v) is 6.76. The molecule has 3 N–H and O–H groups in total. The zero-order chi connectivity index (χ0) is 13.7. The molecule has 1 aromatic rings. The Morgan fingerprint density at radius 3 is 2.53 bits per heavy atom. The molecule has 2 rings (SSSR count). The molecule has 1 aliphatic carbocycles. The Morgan fingerprint density at radius 2 is 1.89 bits per heavy atom. The van der Waals surface area contributed by atoms with Crippen molar-refractivity contribution in [3.05, 3.63) is 35.9 Å². The number of benzene rings is 1. The van der Waals surface area contributed by atoms with E-state index in [1.807, 2.05) is 30.3 Å². The summed E-state index contributed by atoms with van der Waals surface area (Å²) >= 11 is 0. The average molecular weight is 260 g/mol. The first kappa shape index (κ1) is 14.1. The number of aliphatic hydroxyl groups is 3. The summed E-state index contributed by atoms with van der Waals surface area (Å²) in [6, 6.07) is 9.54. The molecule has 3 heteroatoms. The fraction of sp³-hybridized carbons (Fsp3) is 0.500. The second-order valence-corrected chi connectivity index (χ2v) is 5.18. The van der Waals surface area contributed by atoms with Gasteiger partial charge in [-0.1, -0.05) is 30.0 Å². The van der Waals surface area contributed by atoms with Crippen molar-refractivity contribution in [2.45, 2.75) is 44.0 Å². The zero-order valence-electron chi connectivity index (χ0n) is 10.9. The van der Waals surface area contributed by atoms with Crippen LogP contribution in [0.25, 0.3) is 0 Å². The molecule has 1 aliphatic rings. The predicted molar refractivity (Wildman–Crippen MR) is 73.3 cm³/mol. The number of hydrogen-bond donors (Lipinski definition) is 3. The Kier molecular flexibility index (Phi) is 4.98. The molecule has 1 aromatic carbocycles. The highest BCUT2D eigenvalue weighted by Crippen LogP contribution is 2.30. The molecule has 3 nitrogen and oxygen atoms in total. The topological polar surface area (TPSA) is 60.7 Å². The van der Waals surface area contributed by atoms with E-state index in [1.54, 1.807) is 0 Å². The molecule has 0 heterocycles. The Hall–Kier alpha value is -1.34. The van der Waals surface area contributed by atoms with Crippen LogP contribution in [0.4, 0.5) is 0 Å². The third-order valence-electron chi connectivity index (χ3n) is 3.60. The van der Waals surface area contributed by atoms with E-state index < -0.39 is 18.3 Å². The Morgan fingerprint density at radius 1 is 1.16 bits per heavy atom.